The van der Waals surface area contributed by atoms with E-state index in [0.717, 1.165) is 11.8 Å². The zero-order valence-corrected chi connectivity index (χ0v) is 11.8. The van der Waals surface area contributed by atoms with Crippen molar-refractivity contribution in [2.75, 3.05) is 6.26 Å². The average molecular weight is 298 g/mol. The molecule has 0 aliphatic heterocycles. The summed E-state index contributed by atoms with van der Waals surface area (Å²) in [7, 11) is -3.48. The summed E-state index contributed by atoms with van der Waals surface area (Å²) in [5.74, 6) is 0. The van der Waals surface area contributed by atoms with Gasteiger partial charge in [0, 0.05) is 22.3 Å². The van der Waals surface area contributed by atoms with E-state index >= 15 is 0 Å². The maximum absolute atomic E-state index is 11.0. The van der Waals surface area contributed by atoms with E-state index in [1.807, 2.05) is 12.1 Å². The van der Waals surface area contributed by atoms with E-state index in [0.29, 0.717) is 16.3 Å². The molecule has 6 heteroatoms. The second kappa shape index (κ2) is 5.69. The minimum absolute atomic E-state index is 0.0371. The summed E-state index contributed by atoms with van der Waals surface area (Å²) in [5, 5.41) is 0.633. The molecular formula is C13H12ClNO3S. The summed E-state index contributed by atoms with van der Waals surface area (Å²) in [4.78, 5) is 4.26. The number of rotatable bonds is 4. The lowest BCUT2D eigenvalue weighted by Gasteiger charge is -2.08. The fraction of sp³-hybridized carbons (Fsp3) is 0.154. The molecule has 0 saturated carbocycles. The van der Waals surface area contributed by atoms with Gasteiger partial charge in [0.2, 0.25) is 0 Å². The maximum atomic E-state index is 11.0. The van der Waals surface area contributed by atoms with Gasteiger partial charge >= 0.3 is 0 Å². The Balaban J connectivity index is 2.33. The Morgan fingerprint density at radius 3 is 2.53 bits per heavy atom. The zero-order chi connectivity index (χ0) is 13.9. The van der Waals surface area contributed by atoms with Crippen LogP contribution in [0.25, 0.3) is 11.3 Å². The molecule has 1 aromatic carbocycles. The summed E-state index contributed by atoms with van der Waals surface area (Å²) < 4.78 is 26.9. The van der Waals surface area contributed by atoms with E-state index in [1.54, 1.807) is 30.5 Å². The normalized spacial score (nSPS) is 11.5. The standard InChI is InChI=1S/C13H12ClNO3S/c1-19(16,17)18-9-11-3-2-8-15-13(11)10-4-6-12(14)7-5-10/h2-8H,9H2,1H3. The molecular weight excluding hydrogens is 286 g/mol. The summed E-state index contributed by atoms with van der Waals surface area (Å²) in [6.07, 6.45) is 2.67. The van der Waals surface area contributed by atoms with Crippen LogP contribution in [0.4, 0.5) is 0 Å². The topological polar surface area (TPSA) is 56.3 Å². The van der Waals surface area contributed by atoms with Crippen molar-refractivity contribution in [3.63, 3.8) is 0 Å². The molecule has 1 heterocycles. The third-order valence-corrected chi connectivity index (χ3v) is 3.24. The second-order valence-corrected chi connectivity index (χ2v) is 6.06. The molecule has 0 saturated heterocycles. The van der Waals surface area contributed by atoms with Crippen LogP contribution in [0.3, 0.4) is 0 Å². The second-order valence-electron chi connectivity index (χ2n) is 3.98. The Kier molecular flexibility index (Phi) is 4.19. The van der Waals surface area contributed by atoms with Gasteiger partial charge in [-0.05, 0) is 18.2 Å². The highest BCUT2D eigenvalue weighted by atomic mass is 35.5. The molecule has 0 N–H and O–H groups in total. The predicted octanol–water partition coefficient (Wildman–Crippen LogP) is 2.88. The molecule has 2 rings (SSSR count). The van der Waals surface area contributed by atoms with Gasteiger partial charge in [-0.2, -0.15) is 8.42 Å². The van der Waals surface area contributed by atoms with E-state index < -0.39 is 10.1 Å². The van der Waals surface area contributed by atoms with Crippen molar-refractivity contribution in [2.45, 2.75) is 6.61 Å². The number of pyridine rings is 1. The fourth-order valence-electron chi connectivity index (χ4n) is 1.59. The SMILES string of the molecule is CS(=O)(=O)OCc1cccnc1-c1ccc(Cl)cc1. The molecule has 100 valence electrons. The van der Waals surface area contributed by atoms with Crippen LogP contribution >= 0.6 is 11.6 Å². The number of aromatic nitrogens is 1. The van der Waals surface area contributed by atoms with Crippen LogP contribution in [-0.2, 0) is 20.9 Å². The van der Waals surface area contributed by atoms with Gasteiger partial charge in [0.1, 0.15) is 0 Å². The highest BCUT2D eigenvalue weighted by Gasteiger charge is 2.09. The van der Waals surface area contributed by atoms with E-state index in [9.17, 15) is 8.42 Å². The van der Waals surface area contributed by atoms with E-state index in [2.05, 4.69) is 4.98 Å². The van der Waals surface area contributed by atoms with Crippen LogP contribution in [0.2, 0.25) is 5.02 Å². The molecule has 4 nitrogen and oxygen atoms in total. The van der Waals surface area contributed by atoms with Crippen LogP contribution in [-0.4, -0.2) is 19.7 Å². The van der Waals surface area contributed by atoms with Crippen molar-refractivity contribution in [1.82, 2.24) is 4.98 Å². The van der Waals surface area contributed by atoms with Crippen molar-refractivity contribution in [3.05, 3.63) is 53.2 Å². The molecule has 0 atom stereocenters. The summed E-state index contributed by atoms with van der Waals surface area (Å²) in [5.41, 5.74) is 2.25. The predicted molar refractivity (Wildman–Crippen MR) is 74.3 cm³/mol. The molecule has 0 bridgehead atoms. The number of hydrogen-bond acceptors (Lipinski definition) is 4. The molecule has 0 unspecified atom stereocenters. The van der Waals surface area contributed by atoms with Gasteiger partial charge < -0.3 is 0 Å². The summed E-state index contributed by atoms with van der Waals surface area (Å²) in [6, 6.07) is 10.7. The van der Waals surface area contributed by atoms with Gasteiger partial charge in [0.25, 0.3) is 10.1 Å². The smallest absolute Gasteiger partial charge is 0.264 e. The monoisotopic (exact) mass is 297 g/mol. The first-order valence-corrected chi connectivity index (χ1v) is 7.69. The van der Waals surface area contributed by atoms with Crippen molar-refractivity contribution in [2.24, 2.45) is 0 Å². The molecule has 2 aromatic rings. The molecule has 19 heavy (non-hydrogen) atoms. The van der Waals surface area contributed by atoms with Crippen molar-refractivity contribution >= 4 is 21.7 Å². The summed E-state index contributed by atoms with van der Waals surface area (Å²) >= 11 is 5.84. The van der Waals surface area contributed by atoms with E-state index in [4.69, 9.17) is 15.8 Å². The molecule has 0 aliphatic rings. The van der Waals surface area contributed by atoms with Crippen LogP contribution in [0.5, 0.6) is 0 Å². The van der Waals surface area contributed by atoms with Crippen molar-refractivity contribution in [1.29, 1.82) is 0 Å². The van der Waals surface area contributed by atoms with E-state index in [-0.39, 0.29) is 6.61 Å². The fourth-order valence-corrected chi connectivity index (χ4v) is 2.06. The third-order valence-electron chi connectivity index (χ3n) is 2.44. The minimum atomic E-state index is -3.48. The Hall–Kier alpha value is -1.43. The van der Waals surface area contributed by atoms with Crippen molar-refractivity contribution in [3.8, 4) is 11.3 Å². The number of benzene rings is 1. The molecule has 0 fully saturated rings. The lowest BCUT2D eigenvalue weighted by Crippen LogP contribution is -2.04. The van der Waals surface area contributed by atoms with Crippen LogP contribution < -0.4 is 0 Å². The highest BCUT2D eigenvalue weighted by Crippen LogP contribution is 2.23. The Morgan fingerprint density at radius 1 is 1.21 bits per heavy atom. The van der Waals surface area contributed by atoms with Gasteiger partial charge in [-0.3, -0.25) is 9.17 Å². The van der Waals surface area contributed by atoms with Crippen molar-refractivity contribution < 1.29 is 12.6 Å². The molecule has 0 aliphatic carbocycles. The van der Waals surface area contributed by atoms with Gasteiger partial charge in [-0.1, -0.05) is 29.8 Å². The van der Waals surface area contributed by atoms with Gasteiger partial charge in [0.15, 0.2) is 0 Å². The lowest BCUT2D eigenvalue weighted by molar-refractivity contribution is 0.312. The molecule has 0 amide bonds. The number of hydrogen-bond donors (Lipinski definition) is 0. The Morgan fingerprint density at radius 2 is 1.89 bits per heavy atom. The quantitative estimate of drug-likeness (QED) is 0.814. The largest absolute Gasteiger partial charge is 0.265 e. The van der Waals surface area contributed by atoms with Gasteiger partial charge in [-0.25, -0.2) is 0 Å². The Labute approximate surface area is 117 Å². The first kappa shape index (κ1) is 14.0. The zero-order valence-electron chi connectivity index (χ0n) is 10.2. The van der Waals surface area contributed by atoms with E-state index in [1.165, 1.54) is 0 Å². The number of nitrogens with zero attached hydrogens (tertiary/aromatic N) is 1. The highest BCUT2D eigenvalue weighted by molar-refractivity contribution is 7.85. The Bertz CT molecular complexity index is 669. The molecule has 1 aromatic heterocycles. The van der Waals surface area contributed by atoms with Gasteiger partial charge in [-0.15, -0.1) is 0 Å². The first-order chi connectivity index (χ1) is 8.96. The minimum Gasteiger partial charge on any atom is -0.265 e. The number of halogens is 1. The van der Waals surface area contributed by atoms with Gasteiger partial charge in [0.05, 0.1) is 18.6 Å². The first-order valence-electron chi connectivity index (χ1n) is 5.50. The molecule has 0 radical (unpaired) electrons. The van der Waals surface area contributed by atoms with Crippen LogP contribution in [0.15, 0.2) is 42.6 Å². The molecule has 0 spiro atoms. The van der Waals surface area contributed by atoms with Crippen LogP contribution in [0, 0.1) is 0 Å². The average Bonchev–Trinajstić information content (AvgIpc) is 2.37. The maximum Gasteiger partial charge on any atom is 0.264 e. The summed E-state index contributed by atoms with van der Waals surface area (Å²) in [6.45, 7) is -0.0371. The lowest BCUT2D eigenvalue weighted by atomic mass is 10.1. The third kappa shape index (κ3) is 4.02. The van der Waals surface area contributed by atoms with Crippen LogP contribution in [0.1, 0.15) is 5.56 Å².